The minimum absolute atomic E-state index is 0.639. The van der Waals surface area contributed by atoms with Crippen molar-refractivity contribution in [2.24, 2.45) is 0 Å². The number of nitrogens with one attached hydrogen (secondary N) is 1. The predicted octanol–water partition coefficient (Wildman–Crippen LogP) is 1.90. The first-order chi connectivity index (χ1) is 7.25. The summed E-state index contributed by atoms with van der Waals surface area (Å²) < 4.78 is 1.15. The molecule has 0 amide bonds. The Morgan fingerprint density at radius 3 is 2.80 bits per heavy atom. The van der Waals surface area contributed by atoms with Gasteiger partial charge in [0, 0.05) is 30.1 Å². The Labute approximate surface area is 99.8 Å². The zero-order chi connectivity index (χ0) is 10.7. The van der Waals surface area contributed by atoms with Gasteiger partial charge in [-0.05, 0) is 31.2 Å². The van der Waals surface area contributed by atoms with E-state index in [0.717, 1.165) is 30.5 Å². The minimum Gasteiger partial charge on any atom is -0.314 e. The number of benzene rings is 1. The maximum atomic E-state index is 3.46. The van der Waals surface area contributed by atoms with Crippen LogP contribution in [0.15, 0.2) is 28.7 Å². The number of nitrogens with zero attached hydrogens (tertiary/aromatic N) is 1. The summed E-state index contributed by atoms with van der Waals surface area (Å²) in [4.78, 5) is 2.44. The zero-order valence-corrected chi connectivity index (χ0v) is 10.6. The molecule has 82 valence electrons. The highest BCUT2D eigenvalue weighted by atomic mass is 79.9. The molecule has 1 N–H and O–H groups in total. The van der Waals surface area contributed by atoms with E-state index in [1.165, 1.54) is 5.56 Å². The Morgan fingerprint density at radius 1 is 1.40 bits per heavy atom. The molecule has 0 aliphatic carbocycles. The normalized spacial score (nSPS) is 22.9. The van der Waals surface area contributed by atoms with Gasteiger partial charge in [-0.2, -0.15) is 0 Å². The van der Waals surface area contributed by atoms with Crippen molar-refractivity contribution in [3.8, 4) is 0 Å². The van der Waals surface area contributed by atoms with Gasteiger partial charge < -0.3 is 10.2 Å². The number of piperazine rings is 1. The highest BCUT2D eigenvalue weighted by molar-refractivity contribution is 9.10. The molecule has 0 bridgehead atoms. The molecule has 15 heavy (non-hydrogen) atoms. The van der Waals surface area contributed by atoms with Crippen LogP contribution in [0.25, 0.3) is 0 Å². The van der Waals surface area contributed by atoms with Crippen molar-refractivity contribution < 1.29 is 0 Å². The molecule has 2 nitrogen and oxygen atoms in total. The van der Waals surface area contributed by atoms with E-state index in [2.05, 4.69) is 57.5 Å². The Balaban J connectivity index is 1.98. The first-order valence-corrected chi connectivity index (χ1v) is 6.20. The standard InChI is InChI=1S/C12H17BrN2/c1-15-7-6-14-9-12(15)8-10-2-4-11(13)5-3-10/h2-5,12,14H,6-9H2,1H3. The Morgan fingerprint density at radius 2 is 2.13 bits per heavy atom. The van der Waals surface area contributed by atoms with E-state index in [-0.39, 0.29) is 0 Å². The number of hydrogen-bond acceptors (Lipinski definition) is 2. The molecule has 3 heteroatoms. The molecule has 1 saturated heterocycles. The molecule has 0 saturated carbocycles. The fourth-order valence-corrected chi connectivity index (χ4v) is 2.25. The van der Waals surface area contributed by atoms with Crippen LogP contribution < -0.4 is 5.32 Å². The van der Waals surface area contributed by atoms with Gasteiger partial charge in [0.05, 0.1) is 0 Å². The number of likely N-dealkylation sites (N-methyl/N-ethyl adjacent to an activating group) is 1. The fourth-order valence-electron chi connectivity index (χ4n) is 1.98. The third-order valence-corrected chi connectivity index (χ3v) is 3.56. The van der Waals surface area contributed by atoms with Crippen molar-refractivity contribution in [1.29, 1.82) is 0 Å². The molecular weight excluding hydrogens is 252 g/mol. The molecule has 1 fully saturated rings. The molecule has 0 aromatic heterocycles. The van der Waals surface area contributed by atoms with Crippen LogP contribution in [0.1, 0.15) is 5.56 Å². The summed E-state index contributed by atoms with van der Waals surface area (Å²) in [6.45, 7) is 3.38. The van der Waals surface area contributed by atoms with Crippen LogP contribution in [0.4, 0.5) is 0 Å². The maximum Gasteiger partial charge on any atom is 0.0258 e. The Bertz CT molecular complexity index is 310. The van der Waals surface area contributed by atoms with Crippen LogP contribution >= 0.6 is 15.9 Å². The van der Waals surface area contributed by atoms with Crippen molar-refractivity contribution >= 4 is 15.9 Å². The molecule has 1 aliphatic heterocycles. The number of rotatable bonds is 2. The van der Waals surface area contributed by atoms with Gasteiger partial charge in [-0.3, -0.25) is 0 Å². The van der Waals surface area contributed by atoms with Gasteiger partial charge in [0.1, 0.15) is 0 Å². The molecule has 1 unspecified atom stereocenters. The van der Waals surface area contributed by atoms with E-state index in [9.17, 15) is 0 Å². The quantitative estimate of drug-likeness (QED) is 0.882. The molecule has 0 radical (unpaired) electrons. The van der Waals surface area contributed by atoms with E-state index in [1.54, 1.807) is 0 Å². The third kappa shape index (κ3) is 3.03. The lowest BCUT2D eigenvalue weighted by atomic mass is 10.0. The Kier molecular flexibility index (Phi) is 3.78. The molecule has 0 spiro atoms. The molecule has 1 heterocycles. The highest BCUT2D eigenvalue weighted by Crippen LogP contribution is 2.14. The van der Waals surface area contributed by atoms with E-state index in [4.69, 9.17) is 0 Å². The van der Waals surface area contributed by atoms with Gasteiger partial charge in [0.2, 0.25) is 0 Å². The van der Waals surface area contributed by atoms with Crippen LogP contribution in [0.2, 0.25) is 0 Å². The molecule has 1 aromatic carbocycles. The van der Waals surface area contributed by atoms with Gasteiger partial charge in [0.25, 0.3) is 0 Å². The summed E-state index contributed by atoms with van der Waals surface area (Å²) in [5.41, 5.74) is 1.42. The van der Waals surface area contributed by atoms with Crippen LogP contribution in [0, 0.1) is 0 Å². The minimum atomic E-state index is 0.639. The van der Waals surface area contributed by atoms with E-state index >= 15 is 0 Å². The monoisotopic (exact) mass is 268 g/mol. The number of hydrogen-bond donors (Lipinski definition) is 1. The van der Waals surface area contributed by atoms with Crippen molar-refractivity contribution in [2.75, 3.05) is 26.7 Å². The second-order valence-electron chi connectivity index (χ2n) is 4.17. The first kappa shape index (κ1) is 11.1. The molecule has 1 aromatic rings. The fraction of sp³-hybridized carbons (Fsp3) is 0.500. The van der Waals surface area contributed by atoms with Gasteiger partial charge in [-0.15, -0.1) is 0 Å². The topological polar surface area (TPSA) is 15.3 Å². The average molecular weight is 269 g/mol. The van der Waals surface area contributed by atoms with Crippen molar-refractivity contribution in [3.63, 3.8) is 0 Å². The van der Waals surface area contributed by atoms with Crippen LogP contribution in [0.3, 0.4) is 0 Å². The molecule has 2 rings (SSSR count). The van der Waals surface area contributed by atoms with E-state index in [0.29, 0.717) is 6.04 Å². The van der Waals surface area contributed by atoms with Crippen LogP contribution in [-0.2, 0) is 6.42 Å². The lowest BCUT2D eigenvalue weighted by Crippen LogP contribution is -2.50. The summed E-state index contributed by atoms with van der Waals surface area (Å²) in [6, 6.07) is 9.27. The van der Waals surface area contributed by atoms with Crippen LogP contribution in [0.5, 0.6) is 0 Å². The van der Waals surface area contributed by atoms with Crippen molar-refractivity contribution in [1.82, 2.24) is 10.2 Å². The molecule has 1 aliphatic rings. The van der Waals surface area contributed by atoms with Gasteiger partial charge in [-0.1, -0.05) is 28.1 Å². The van der Waals surface area contributed by atoms with Gasteiger partial charge >= 0.3 is 0 Å². The molecular formula is C12H17BrN2. The average Bonchev–Trinajstić information content (AvgIpc) is 2.25. The predicted molar refractivity (Wildman–Crippen MR) is 67.1 cm³/mol. The summed E-state index contributed by atoms with van der Waals surface area (Å²) in [5.74, 6) is 0. The lowest BCUT2D eigenvalue weighted by molar-refractivity contribution is 0.199. The SMILES string of the molecule is CN1CCNCC1Cc1ccc(Br)cc1. The lowest BCUT2D eigenvalue weighted by Gasteiger charge is -2.33. The second-order valence-corrected chi connectivity index (χ2v) is 5.08. The summed E-state index contributed by atoms with van der Waals surface area (Å²) >= 11 is 3.46. The Hall–Kier alpha value is -0.380. The van der Waals surface area contributed by atoms with Crippen molar-refractivity contribution in [2.45, 2.75) is 12.5 Å². The maximum absolute atomic E-state index is 3.46. The third-order valence-electron chi connectivity index (χ3n) is 3.03. The van der Waals surface area contributed by atoms with E-state index < -0.39 is 0 Å². The first-order valence-electron chi connectivity index (χ1n) is 5.41. The largest absolute Gasteiger partial charge is 0.314 e. The summed E-state index contributed by atoms with van der Waals surface area (Å²) in [7, 11) is 2.21. The summed E-state index contributed by atoms with van der Waals surface area (Å²) in [6.07, 6.45) is 1.14. The van der Waals surface area contributed by atoms with Gasteiger partial charge in [0.15, 0.2) is 0 Å². The highest BCUT2D eigenvalue weighted by Gasteiger charge is 2.18. The second kappa shape index (κ2) is 5.10. The smallest absolute Gasteiger partial charge is 0.0258 e. The molecule has 1 atom stereocenters. The number of halogens is 1. The zero-order valence-electron chi connectivity index (χ0n) is 9.04. The van der Waals surface area contributed by atoms with E-state index in [1.807, 2.05) is 0 Å². The van der Waals surface area contributed by atoms with Crippen LogP contribution in [-0.4, -0.2) is 37.6 Å². The van der Waals surface area contributed by atoms with Gasteiger partial charge in [-0.25, -0.2) is 0 Å². The van der Waals surface area contributed by atoms with Crippen molar-refractivity contribution in [3.05, 3.63) is 34.3 Å². The summed E-state index contributed by atoms with van der Waals surface area (Å²) in [5, 5.41) is 3.45.